The van der Waals surface area contributed by atoms with E-state index in [4.69, 9.17) is 10.5 Å². The lowest BCUT2D eigenvalue weighted by molar-refractivity contribution is -0.129. The third kappa shape index (κ3) is 3.07. The first kappa shape index (κ1) is 14.7. The molecule has 0 aromatic heterocycles. The molecule has 3 N–H and O–H groups in total. The molecule has 1 heterocycles. The van der Waals surface area contributed by atoms with Crippen molar-refractivity contribution in [2.75, 3.05) is 13.1 Å². The number of hydrogen-bond donors (Lipinski definition) is 2. The summed E-state index contributed by atoms with van der Waals surface area (Å²) in [5.74, 6) is -2.97. The van der Waals surface area contributed by atoms with Crippen molar-refractivity contribution in [2.45, 2.75) is 32.3 Å². The number of alkyl halides is 2. The topological polar surface area (TPSA) is 64.3 Å². The molecule has 0 bridgehead atoms. The average molecular weight is 284 g/mol. The maximum atomic E-state index is 13.0. The molecule has 0 saturated carbocycles. The highest BCUT2D eigenvalue weighted by Crippen LogP contribution is 2.31. The van der Waals surface area contributed by atoms with Crippen LogP contribution in [0.25, 0.3) is 0 Å². The van der Waals surface area contributed by atoms with Crippen molar-refractivity contribution in [3.05, 3.63) is 28.8 Å². The van der Waals surface area contributed by atoms with Crippen LogP contribution in [0.3, 0.4) is 0 Å². The largest absolute Gasteiger partial charge is 0.480 e. The highest BCUT2D eigenvalue weighted by atomic mass is 19.3. The minimum Gasteiger partial charge on any atom is -0.480 e. The fourth-order valence-corrected chi connectivity index (χ4v) is 2.06. The summed E-state index contributed by atoms with van der Waals surface area (Å²) < 4.78 is 31.5. The molecule has 0 radical (unpaired) electrons. The van der Waals surface area contributed by atoms with Gasteiger partial charge in [-0.15, -0.1) is 0 Å². The fraction of sp³-hybridized carbons (Fsp3) is 0.500. The lowest BCUT2D eigenvalue weighted by Gasteiger charge is -2.16. The molecule has 1 aromatic carbocycles. The third-order valence-electron chi connectivity index (χ3n) is 3.46. The number of benzene rings is 1. The SMILES string of the molecule is Cc1cc2c(cc1C)OC(C(=O)NCC(F)(F)CN)C2. The second-order valence-electron chi connectivity index (χ2n) is 5.13. The van der Waals surface area contributed by atoms with Crippen LogP contribution in [0, 0.1) is 13.8 Å². The number of rotatable bonds is 4. The summed E-state index contributed by atoms with van der Waals surface area (Å²) in [4.78, 5) is 11.8. The van der Waals surface area contributed by atoms with Gasteiger partial charge in [0.2, 0.25) is 0 Å². The average Bonchev–Trinajstić information content (AvgIpc) is 2.79. The molecule has 1 aliphatic heterocycles. The van der Waals surface area contributed by atoms with Crippen LogP contribution in [0.1, 0.15) is 16.7 Å². The van der Waals surface area contributed by atoms with Crippen LogP contribution in [-0.4, -0.2) is 31.0 Å². The minimum atomic E-state index is -3.09. The Morgan fingerprint density at radius 2 is 2.10 bits per heavy atom. The number of hydrogen-bond acceptors (Lipinski definition) is 3. The predicted molar refractivity (Wildman–Crippen MR) is 71.0 cm³/mol. The van der Waals surface area contributed by atoms with Crippen LogP contribution in [0.4, 0.5) is 8.78 Å². The molecule has 1 aromatic rings. The first-order valence-corrected chi connectivity index (χ1v) is 6.45. The Morgan fingerprint density at radius 3 is 2.75 bits per heavy atom. The smallest absolute Gasteiger partial charge is 0.277 e. The normalized spacial score (nSPS) is 17.6. The summed E-state index contributed by atoms with van der Waals surface area (Å²) in [5, 5.41) is 2.19. The maximum Gasteiger partial charge on any atom is 0.277 e. The number of nitrogens with two attached hydrogens (primary N) is 1. The third-order valence-corrected chi connectivity index (χ3v) is 3.46. The van der Waals surface area contributed by atoms with E-state index in [0.29, 0.717) is 12.2 Å². The van der Waals surface area contributed by atoms with Crippen molar-refractivity contribution < 1.29 is 18.3 Å². The second-order valence-corrected chi connectivity index (χ2v) is 5.13. The molecule has 110 valence electrons. The van der Waals surface area contributed by atoms with E-state index in [1.807, 2.05) is 26.0 Å². The van der Waals surface area contributed by atoms with Crippen molar-refractivity contribution >= 4 is 5.91 Å². The molecule has 1 aliphatic rings. The molecule has 0 spiro atoms. The minimum absolute atomic E-state index is 0.399. The molecule has 2 rings (SSSR count). The van der Waals surface area contributed by atoms with E-state index in [0.717, 1.165) is 16.7 Å². The monoisotopic (exact) mass is 284 g/mol. The van der Waals surface area contributed by atoms with Gasteiger partial charge in [-0.05, 0) is 36.6 Å². The highest BCUT2D eigenvalue weighted by Gasteiger charge is 2.33. The second kappa shape index (κ2) is 5.36. The highest BCUT2D eigenvalue weighted by molar-refractivity contribution is 5.82. The van der Waals surface area contributed by atoms with Gasteiger partial charge >= 0.3 is 0 Å². The van der Waals surface area contributed by atoms with E-state index < -0.39 is 31.0 Å². The number of aryl methyl sites for hydroxylation is 2. The molecule has 1 unspecified atom stereocenters. The van der Waals surface area contributed by atoms with E-state index in [2.05, 4.69) is 5.32 Å². The zero-order chi connectivity index (χ0) is 14.9. The summed E-state index contributed by atoms with van der Waals surface area (Å²) in [6.45, 7) is 2.37. The van der Waals surface area contributed by atoms with Gasteiger partial charge in [-0.1, -0.05) is 6.07 Å². The zero-order valence-corrected chi connectivity index (χ0v) is 11.5. The number of carbonyl (C=O) groups is 1. The summed E-state index contributed by atoms with van der Waals surface area (Å²) >= 11 is 0. The molecule has 20 heavy (non-hydrogen) atoms. The van der Waals surface area contributed by atoms with Gasteiger partial charge in [0.25, 0.3) is 11.8 Å². The fourth-order valence-electron chi connectivity index (χ4n) is 2.06. The van der Waals surface area contributed by atoms with Crippen LogP contribution < -0.4 is 15.8 Å². The molecule has 1 atom stereocenters. The predicted octanol–water partition coefficient (Wildman–Crippen LogP) is 1.32. The van der Waals surface area contributed by atoms with Crippen molar-refractivity contribution in [3.8, 4) is 5.75 Å². The maximum absolute atomic E-state index is 13.0. The molecule has 0 saturated heterocycles. The van der Waals surface area contributed by atoms with Crippen molar-refractivity contribution in [1.82, 2.24) is 5.32 Å². The van der Waals surface area contributed by atoms with Crippen LogP contribution >= 0.6 is 0 Å². The molecular weight excluding hydrogens is 266 g/mol. The van der Waals surface area contributed by atoms with Crippen LogP contribution in [0.5, 0.6) is 5.75 Å². The molecule has 1 amide bonds. The Kier molecular flexibility index (Phi) is 3.94. The summed E-state index contributed by atoms with van der Waals surface area (Å²) in [7, 11) is 0. The summed E-state index contributed by atoms with van der Waals surface area (Å²) in [5.41, 5.74) is 8.03. The zero-order valence-electron chi connectivity index (χ0n) is 11.5. The van der Waals surface area contributed by atoms with Crippen molar-refractivity contribution in [3.63, 3.8) is 0 Å². The Labute approximate surface area is 116 Å². The van der Waals surface area contributed by atoms with Gasteiger partial charge in [0.05, 0.1) is 13.1 Å². The Bertz CT molecular complexity index is 501. The van der Waals surface area contributed by atoms with Crippen LogP contribution in [0.2, 0.25) is 0 Å². The van der Waals surface area contributed by atoms with E-state index in [1.54, 1.807) is 0 Å². The van der Waals surface area contributed by atoms with E-state index in [9.17, 15) is 13.6 Å². The summed E-state index contributed by atoms with van der Waals surface area (Å²) in [6.07, 6.45) is -0.351. The van der Waals surface area contributed by atoms with Crippen LogP contribution in [0.15, 0.2) is 12.1 Å². The number of nitrogens with one attached hydrogen (secondary N) is 1. The van der Waals surface area contributed by atoms with Gasteiger partial charge in [-0.3, -0.25) is 4.79 Å². The lowest BCUT2D eigenvalue weighted by atomic mass is 10.0. The standard InChI is InChI=1S/C14H18F2N2O2/c1-8-3-10-5-12(20-11(10)4-9(8)2)13(19)18-7-14(15,16)6-17/h3-4,12H,5-7,17H2,1-2H3,(H,18,19). The van der Waals surface area contributed by atoms with E-state index in [1.165, 1.54) is 0 Å². The lowest BCUT2D eigenvalue weighted by Crippen LogP contribution is -2.46. The van der Waals surface area contributed by atoms with Crippen LogP contribution in [-0.2, 0) is 11.2 Å². The quantitative estimate of drug-likeness (QED) is 0.876. The van der Waals surface area contributed by atoms with Gasteiger partial charge in [-0.2, -0.15) is 0 Å². The van der Waals surface area contributed by atoms with E-state index >= 15 is 0 Å². The number of halogens is 2. The Hall–Kier alpha value is -1.69. The van der Waals surface area contributed by atoms with Gasteiger partial charge in [0, 0.05) is 6.42 Å². The Morgan fingerprint density at radius 1 is 1.45 bits per heavy atom. The van der Waals surface area contributed by atoms with Gasteiger partial charge in [0.1, 0.15) is 5.75 Å². The van der Waals surface area contributed by atoms with Gasteiger partial charge < -0.3 is 15.8 Å². The molecule has 0 aliphatic carbocycles. The van der Waals surface area contributed by atoms with Crippen molar-refractivity contribution in [2.24, 2.45) is 5.73 Å². The first-order valence-electron chi connectivity index (χ1n) is 6.45. The molecule has 0 fully saturated rings. The van der Waals surface area contributed by atoms with E-state index in [-0.39, 0.29) is 0 Å². The number of amides is 1. The Balaban J connectivity index is 1.98. The number of fused-ring (bicyclic) bond motifs is 1. The van der Waals surface area contributed by atoms with Gasteiger partial charge in [-0.25, -0.2) is 8.78 Å². The van der Waals surface area contributed by atoms with Gasteiger partial charge in [0.15, 0.2) is 6.10 Å². The molecule has 6 heteroatoms. The van der Waals surface area contributed by atoms with Crippen molar-refractivity contribution in [1.29, 1.82) is 0 Å². The first-order chi connectivity index (χ1) is 9.32. The number of ether oxygens (including phenoxy) is 1. The number of carbonyl (C=O) groups excluding carboxylic acids is 1. The summed E-state index contributed by atoms with van der Waals surface area (Å²) in [6, 6.07) is 3.83. The molecule has 4 nitrogen and oxygen atoms in total. The molecular formula is C14H18F2N2O2.